The van der Waals surface area contributed by atoms with Crippen LogP contribution in [0.25, 0.3) is 0 Å². The topological polar surface area (TPSA) is 95.6 Å². The Morgan fingerprint density at radius 1 is 1.19 bits per heavy atom. The molecular formula is C19H25N3O4. The number of hydrogen-bond acceptors (Lipinski definition) is 4. The van der Waals surface area contributed by atoms with Crippen LogP contribution in [0.5, 0.6) is 0 Å². The molecule has 1 aromatic carbocycles. The van der Waals surface area contributed by atoms with Gasteiger partial charge in [-0.05, 0) is 18.9 Å². The van der Waals surface area contributed by atoms with Crippen LogP contribution in [0.4, 0.5) is 4.79 Å². The molecule has 2 N–H and O–H groups in total. The van der Waals surface area contributed by atoms with Gasteiger partial charge in [-0.2, -0.15) is 0 Å². The number of nitrogens with one attached hydrogen (secondary N) is 2. The molecule has 7 nitrogen and oxygen atoms in total. The Labute approximate surface area is 153 Å². The van der Waals surface area contributed by atoms with Crippen LogP contribution in [0, 0.1) is 0 Å². The molecule has 1 aliphatic rings. The first kappa shape index (κ1) is 19.6. The Morgan fingerprint density at radius 2 is 1.85 bits per heavy atom. The molecule has 1 aromatic rings. The molecule has 26 heavy (non-hydrogen) atoms. The van der Waals surface area contributed by atoms with Gasteiger partial charge in [-0.3, -0.25) is 19.3 Å². The Balaban J connectivity index is 2.01. The molecule has 0 aliphatic carbocycles. The fourth-order valence-electron chi connectivity index (χ4n) is 2.86. The highest BCUT2D eigenvalue weighted by Crippen LogP contribution is 2.23. The minimum absolute atomic E-state index is 0.130. The van der Waals surface area contributed by atoms with Gasteiger partial charge < -0.3 is 10.6 Å². The smallest absolute Gasteiger partial charge is 0.325 e. The highest BCUT2D eigenvalue weighted by atomic mass is 16.2. The number of carbonyl (C=O) groups is 4. The first-order chi connectivity index (χ1) is 12.3. The van der Waals surface area contributed by atoms with Gasteiger partial charge in [-0.1, -0.05) is 44.0 Å². The van der Waals surface area contributed by atoms with Gasteiger partial charge in [0.2, 0.25) is 5.91 Å². The van der Waals surface area contributed by atoms with Gasteiger partial charge in [-0.25, -0.2) is 4.79 Å². The first-order valence-electron chi connectivity index (χ1n) is 8.77. The molecule has 1 aliphatic heterocycles. The summed E-state index contributed by atoms with van der Waals surface area (Å²) in [7, 11) is 0. The van der Waals surface area contributed by atoms with E-state index in [1.165, 1.54) is 6.92 Å². The molecule has 0 spiro atoms. The SMILES string of the molecule is CCCCC1(C)NC(=O)N(CC(=O)c2ccc(CNC(C)=O)cc2)C1=O. The molecule has 0 saturated carbocycles. The lowest BCUT2D eigenvalue weighted by molar-refractivity contribution is -0.130. The summed E-state index contributed by atoms with van der Waals surface area (Å²) in [4.78, 5) is 49.1. The molecule has 1 atom stereocenters. The largest absolute Gasteiger partial charge is 0.352 e. The number of unbranched alkanes of at least 4 members (excludes halogenated alkanes) is 1. The number of ketones is 1. The van der Waals surface area contributed by atoms with Crippen molar-refractivity contribution < 1.29 is 19.2 Å². The number of Topliss-reactive ketones (excluding diaryl/α,β-unsaturated/α-hetero) is 1. The number of amides is 4. The van der Waals surface area contributed by atoms with E-state index in [2.05, 4.69) is 10.6 Å². The number of imide groups is 1. The van der Waals surface area contributed by atoms with E-state index in [1.807, 2.05) is 6.92 Å². The maximum Gasteiger partial charge on any atom is 0.325 e. The molecule has 1 heterocycles. The summed E-state index contributed by atoms with van der Waals surface area (Å²) in [5.74, 6) is -0.791. The summed E-state index contributed by atoms with van der Waals surface area (Å²) in [5, 5.41) is 5.38. The summed E-state index contributed by atoms with van der Waals surface area (Å²) in [6.45, 7) is 5.25. The van der Waals surface area contributed by atoms with Gasteiger partial charge in [0.1, 0.15) is 5.54 Å². The Morgan fingerprint density at radius 3 is 2.42 bits per heavy atom. The maximum atomic E-state index is 12.6. The van der Waals surface area contributed by atoms with Crippen molar-refractivity contribution in [1.82, 2.24) is 15.5 Å². The van der Waals surface area contributed by atoms with Crippen LogP contribution in [-0.2, 0) is 16.1 Å². The fraction of sp³-hybridized carbons (Fsp3) is 0.474. The molecule has 140 valence electrons. The van der Waals surface area contributed by atoms with Crippen LogP contribution in [-0.4, -0.2) is 40.6 Å². The summed E-state index contributed by atoms with van der Waals surface area (Å²) < 4.78 is 0. The second kappa shape index (κ2) is 8.12. The van der Waals surface area contributed by atoms with Gasteiger partial charge in [0, 0.05) is 19.0 Å². The Bertz CT molecular complexity index is 714. The summed E-state index contributed by atoms with van der Waals surface area (Å²) in [5.41, 5.74) is 0.341. The van der Waals surface area contributed by atoms with E-state index >= 15 is 0 Å². The molecule has 1 unspecified atom stereocenters. The zero-order chi connectivity index (χ0) is 19.3. The fourth-order valence-corrected chi connectivity index (χ4v) is 2.86. The third-order valence-electron chi connectivity index (χ3n) is 4.49. The van der Waals surface area contributed by atoms with E-state index < -0.39 is 11.6 Å². The van der Waals surface area contributed by atoms with Gasteiger partial charge in [-0.15, -0.1) is 0 Å². The monoisotopic (exact) mass is 359 g/mol. The Kier molecular flexibility index (Phi) is 6.13. The van der Waals surface area contributed by atoms with Crippen LogP contribution < -0.4 is 10.6 Å². The first-order valence-corrected chi connectivity index (χ1v) is 8.77. The lowest BCUT2D eigenvalue weighted by Crippen LogP contribution is -2.44. The maximum absolute atomic E-state index is 12.6. The van der Waals surface area contributed by atoms with Crippen molar-refractivity contribution in [2.24, 2.45) is 0 Å². The van der Waals surface area contributed by atoms with Crippen molar-refractivity contribution in [2.75, 3.05) is 6.54 Å². The van der Waals surface area contributed by atoms with Crippen LogP contribution in [0.2, 0.25) is 0 Å². The molecule has 0 bridgehead atoms. The molecule has 1 fully saturated rings. The van der Waals surface area contributed by atoms with Crippen molar-refractivity contribution in [3.05, 3.63) is 35.4 Å². The van der Waals surface area contributed by atoms with E-state index in [1.54, 1.807) is 31.2 Å². The van der Waals surface area contributed by atoms with Crippen molar-refractivity contribution in [3.63, 3.8) is 0 Å². The summed E-state index contributed by atoms with van der Waals surface area (Å²) >= 11 is 0. The van der Waals surface area contributed by atoms with Gasteiger partial charge in [0.15, 0.2) is 5.78 Å². The number of hydrogen-bond donors (Lipinski definition) is 2. The van der Waals surface area contributed by atoms with Crippen LogP contribution in [0.3, 0.4) is 0 Å². The Hall–Kier alpha value is -2.70. The number of nitrogens with zero attached hydrogens (tertiary/aromatic N) is 1. The standard InChI is InChI=1S/C19H25N3O4/c1-4-5-10-19(3)17(25)22(18(26)21-19)12-16(24)15-8-6-14(7-9-15)11-20-13(2)23/h6-9H,4-5,10-12H2,1-3H3,(H,20,23)(H,21,26). The van der Waals surface area contributed by atoms with Crippen molar-refractivity contribution in [1.29, 1.82) is 0 Å². The summed E-state index contributed by atoms with van der Waals surface area (Å²) in [6.07, 6.45) is 2.29. The van der Waals surface area contributed by atoms with Crippen molar-refractivity contribution >= 4 is 23.6 Å². The van der Waals surface area contributed by atoms with Crippen LogP contribution in [0.15, 0.2) is 24.3 Å². The van der Waals surface area contributed by atoms with E-state index in [0.717, 1.165) is 23.3 Å². The highest BCUT2D eigenvalue weighted by Gasteiger charge is 2.47. The van der Waals surface area contributed by atoms with E-state index in [9.17, 15) is 19.2 Å². The zero-order valence-electron chi connectivity index (χ0n) is 15.4. The van der Waals surface area contributed by atoms with Gasteiger partial charge in [0.05, 0.1) is 6.54 Å². The molecule has 2 rings (SSSR count). The number of benzene rings is 1. The van der Waals surface area contributed by atoms with E-state index in [4.69, 9.17) is 0 Å². The van der Waals surface area contributed by atoms with Gasteiger partial charge >= 0.3 is 6.03 Å². The lowest BCUT2D eigenvalue weighted by atomic mass is 9.95. The lowest BCUT2D eigenvalue weighted by Gasteiger charge is -2.21. The predicted molar refractivity (Wildman–Crippen MR) is 96.5 cm³/mol. The van der Waals surface area contributed by atoms with Gasteiger partial charge in [0.25, 0.3) is 5.91 Å². The van der Waals surface area contributed by atoms with E-state index in [-0.39, 0.29) is 24.1 Å². The molecule has 0 aromatic heterocycles. The minimum atomic E-state index is -0.935. The second-order valence-corrected chi connectivity index (χ2v) is 6.79. The molecule has 1 saturated heterocycles. The van der Waals surface area contributed by atoms with E-state index in [0.29, 0.717) is 18.5 Å². The second-order valence-electron chi connectivity index (χ2n) is 6.79. The average Bonchev–Trinajstić information content (AvgIpc) is 2.82. The minimum Gasteiger partial charge on any atom is -0.352 e. The molecule has 0 radical (unpaired) electrons. The van der Waals surface area contributed by atoms with Crippen LogP contribution in [0.1, 0.15) is 56.0 Å². The predicted octanol–water partition coefficient (Wildman–Crippen LogP) is 2.01. The summed E-state index contributed by atoms with van der Waals surface area (Å²) in [6, 6.07) is 6.22. The normalized spacial score (nSPS) is 19.4. The number of carbonyl (C=O) groups excluding carboxylic acids is 4. The van der Waals surface area contributed by atoms with Crippen molar-refractivity contribution in [3.8, 4) is 0 Å². The quantitative estimate of drug-likeness (QED) is 0.548. The third-order valence-corrected chi connectivity index (χ3v) is 4.49. The number of urea groups is 1. The third kappa shape index (κ3) is 4.47. The molecule has 4 amide bonds. The molecule has 7 heteroatoms. The average molecular weight is 359 g/mol. The molecular weight excluding hydrogens is 334 g/mol. The highest BCUT2D eigenvalue weighted by molar-refractivity contribution is 6.11. The zero-order valence-corrected chi connectivity index (χ0v) is 15.4. The van der Waals surface area contributed by atoms with Crippen LogP contribution >= 0.6 is 0 Å². The number of rotatable bonds is 8. The van der Waals surface area contributed by atoms with Crippen molar-refractivity contribution in [2.45, 2.75) is 52.1 Å².